The summed E-state index contributed by atoms with van der Waals surface area (Å²) in [7, 11) is 0. The quantitative estimate of drug-likeness (QED) is 0.646. The molecule has 1 aromatic heterocycles. The molecule has 29 heavy (non-hydrogen) atoms. The summed E-state index contributed by atoms with van der Waals surface area (Å²) >= 11 is 0. The molecule has 3 aromatic rings. The largest absolute Gasteiger partial charge is 0.355 e. The zero-order valence-electron chi connectivity index (χ0n) is 16.4. The highest BCUT2D eigenvalue weighted by molar-refractivity contribution is 6.01. The van der Waals surface area contributed by atoms with Gasteiger partial charge in [-0.1, -0.05) is 30.7 Å². The minimum Gasteiger partial charge on any atom is -0.355 e. The fraction of sp³-hybridized carbons (Fsp3) is 0.227. The van der Waals surface area contributed by atoms with Gasteiger partial charge < -0.3 is 10.6 Å². The Balaban J connectivity index is 1.92. The molecule has 2 N–H and O–H groups in total. The predicted molar refractivity (Wildman–Crippen MR) is 109 cm³/mol. The van der Waals surface area contributed by atoms with Gasteiger partial charge in [0, 0.05) is 18.3 Å². The van der Waals surface area contributed by atoms with E-state index in [2.05, 4.69) is 15.7 Å². The SMILES string of the molecule is CCCNC(=O)CNC(=O)c1cn(-c2ccc(F)cc2)nc1-c1cccc(C)c1. The summed E-state index contributed by atoms with van der Waals surface area (Å²) in [6.07, 6.45) is 2.41. The van der Waals surface area contributed by atoms with E-state index in [0.29, 0.717) is 23.5 Å². The third-order valence-electron chi connectivity index (χ3n) is 4.32. The lowest BCUT2D eigenvalue weighted by Gasteiger charge is -2.06. The van der Waals surface area contributed by atoms with Crippen LogP contribution in [0.5, 0.6) is 0 Å². The van der Waals surface area contributed by atoms with Gasteiger partial charge in [-0.25, -0.2) is 9.07 Å². The first-order valence-corrected chi connectivity index (χ1v) is 9.45. The van der Waals surface area contributed by atoms with Crippen LogP contribution in [0.1, 0.15) is 29.3 Å². The van der Waals surface area contributed by atoms with Crippen molar-refractivity contribution in [3.05, 3.63) is 71.7 Å². The van der Waals surface area contributed by atoms with Crippen LogP contribution >= 0.6 is 0 Å². The number of carbonyl (C=O) groups excluding carboxylic acids is 2. The van der Waals surface area contributed by atoms with Gasteiger partial charge in [0.2, 0.25) is 5.91 Å². The Morgan fingerprint density at radius 3 is 2.55 bits per heavy atom. The van der Waals surface area contributed by atoms with Crippen LogP contribution in [0.4, 0.5) is 4.39 Å². The molecule has 7 heteroatoms. The van der Waals surface area contributed by atoms with Gasteiger partial charge in [0.25, 0.3) is 5.91 Å². The third kappa shape index (κ3) is 5.07. The molecule has 150 valence electrons. The molecule has 2 amide bonds. The number of hydrogen-bond donors (Lipinski definition) is 2. The Bertz CT molecular complexity index is 1010. The number of hydrogen-bond acceptors (Lipinski definition) is 3. The van der Waals surface area contributed by atoms with E-state index in [-0.39, 0.29) is 18.3 Å². The summed E-state index contributed by atoms with van der Waals surface area (Å²) in [4.78, 5) is 24.6. The Hall–Kier alpha value is -3.48. The van der Waals surface area contributed by atoms with E-state index in [1.54, 1.807) is 18.3 Å². The number of aryl methyl sites for hydroxylation is 1. The molecule has 0 unspecified atom stereocenters. The molecule has 0 saturated heterocycles. The smallest absolute Gasteiger partial charge is 0.255 e. The number of benzene rings is 2. The minimum atomic E-state index is -0.401. The van der Waals surface area contributed by atoms with Crippen molar-refractivity contribution in [2.75, 3.05) is 13.1 Å². The van der Waals surface area contributed by atoms with Crippen LogP contribution in [0, 0.1) is 12.7 Å². The zero-order chi connectivity index (χ0) is 20.8. The van der Waals surface area contributed by atoms with Crippen molar-refractivity contribution in [1.29, 1.82) is 0 Å². The normalized spacial score (nSPS) is 10.6. The average Bonchev–Trinajstić information content (AvgIpc) is 3.16. The molecule has 0 spiro atoms. The molecule has 2 aromatic carbocycles. The van der Waals surface area contributed by atoms with E-state index in [4.69, 9.17) is 0 Å². The fourth-order valence-electron chi connectivity index (χ4n) is 2.85. The van der Waals surface area contributed by atoms with Gasteiger partial charge in [0.15, 0.2) is 0 Å². The molecule has 0 aliphatic carbocycles. The van der Waals surface area contributed by atoms with Gasteiger partial charge in [0.05, 0.1) is 17.8 Å². The van der Waals surface area contributed by atoms with Gasteiger partial charge in [0.1, 0.15) is 11.5 Å². The second-order valence-corrected chi connectivity index (χ2v) is 6.71. The third-order valence-corrected chi connectivity index (χ3v) is 4.32. The molecular weight excluding hydrogens is 371 g/mol. The van der Waals surface area contributed by atoms with Crippen molar-refractivity contribution < 1.29 is 14.0 Å². The summed E-state index contributed by atoms with van der Waals surface area (Å²) < 4.78 is 14.8. The first-order chi connectivity index (χ1) is 14.0. The van der Waals surface area contributed by atoms with Crippen molar-refractivity contribution in [1.82, 2.24) is 20.4 Å². The van der Waals surface area contributed by atoms with Crippen LogP contribution < -0.4 is 10.6 Å². The molecule has 0 atom stereocenters. The minimum absolute atomic E-state index is 0.117. The summed E-state index contributed by atoms with van der Waals surface area (Å²) in [6, 6.07) is 13.5. The molecule has 6 nitrogen and oxygen atoms in total. The molecular formula is C22H23FN4O2. The maximum atomic E-state index is 13.3. The Morgan fingerprint density at radius 1 is 1.10 bits per heavy atom. The average molecular weight is 394 g/mol. The van der Waals surface area contributed by atoms with Crippen LogP contribution in [0.25, 0.3) is 16.9 Å². The zero-order valence-corrected chi connectivity index (χ0v) is 16.4. The second-order valence-electron chi connectivity index (χ2n) is 6.71. The van der Waals surface area contributed by atoms with E-state index in [1.807, 2.05) is 38.1 Å². The number of nitrogens with zero attached hydrogens (tertiary/aromatic N) is 2. The Morgan fingerprint density at radius 2 is 1.86 bits per heavy atom. The highest BCUT2D eigenvalue weighted by atomic mass is 19.1. The van der Waals surface area contributed by atoms with Crippen molar-refractivity contribution in [3.8, 4) is 16.9 Å². The standard InChI is InChI=1S/C22H23FN4O2/c1-3-11-24-20(28)13-25-22(29)19-14-27(18-9-7-17(23)8-10-18)26-21(19)16-6-4-5-15(2)12-16/h4-10,12,14H,3,11,13H2,1-2H3,(H,24,28)(H,25,29). The Labute approximate surface area is 168 Å². The summed E-state index contributed by atoms with van der Waals surface area (Å²) in [6.45, 7) is 4.36. The summed E-state index contributed by atoms with van der Waals surface area (Å²) in [5, 5.41) is 9.91. The molecule has 0 fully saturated rings. The van der Waals surface area contributed by atoms with Gasteiger partial charge in [-0.05, 0) is 43.7 Å². The fourth-order valence-corrected chi connectivity index (χ4v) is 2.85. The van der Waals surface area contributed by atoms with Crippen LogP contribution in [0.2, 0.25) is 0 Å². The lowest BCUT2D eigenvalue weighted by molar-refractivity contribution is -0.120. The first-order valence-electron chi connectivity index (χ1n) is 9.45. The lowest BCUT2D eigenvalue weighted by Crippen LogP contribution is -2.37. The number of halogens is 1. The van der Waals surface area contributed by atoms with E-state index in [1.165, 1.54) is 16.8 Å². The van der Waals surface area contributed by atoms with E-state index < -0.39 is 5.91 Å². The van der Waals surface area contributed by atoms with E-state index in [9.17, 15) is 14.0 Å². The van der Waals surface area contributed by atoms with Crippen LogP contribution in [0.15, 0.2) is 54.7 Å². The molecule has 1 heterocycles. The van der Waals surface area contributed by atoms with Crippen molar-refractivity contribution in [3.63, 3.8) is 0 Å². The predicted octanol–water partition coefficient (Wildman–Crippen LogP) is 3.24. The van der Waals surface area contributed by atoms with Crippen LogP contribution in [-0.2, 0) is 4.79 Å². The molecule has 0 saturated carbocycles. The maximum absolute atomic E-state index is 13.3. The lowest BCUT2D eigenvalue weighted by atomic mass is 10.1. The Kier molecular flexibility index (Phi) is 6.39. The number of aromatic nitrogens is 2. The second kappa shape index (κ2) is 9.14. The number of nitrogens with one attached hydrogen (secondary N) is 2. The van der Waals surface area contributed by atoms with Crippen molar-refractivity contribution in [2.45, 2.75) is 20.3 Å². The molecule has 0 aliphatic heterocycles. The highest BCUT2D eigenvalue weighted by Gasteiger charge is 2.19. The van der Waals surface area contributed by atoms with E-state index in [0.717, 1.165) is 17.5 Å². The first kappa shape index (κ1) is 20.3. The molecule has 0 bridgehead atoms. The molecule has 0 aliphatic rings. The number of carbonyl (C=O) groups is 2. The van der Waals surface area contributed by atoms with Crippen molar-refractivity contribution in [2.24, 2.45) is 0 Å². The molecule has 0 radical (unpaired) electrons. The highest BCUT2D eigenvalue weighted by Crippen LogP contribution is 2.24. The monoisotopic (exact) mass is 394 g/mol. The number of rotatable bonds is 7. The van der Waals surface area contributed by atoms with Crippen molar-refractivity contribution >= 4 is 11.8 Å². The van der Waals surface area contributed by atoms with Gasteiger partial charge in [-0.15, -0.1) is 0 Å². The molecule has 3 rings (SSSR count). The van der Waals surface area contributed by atoms with Gasteiger partial charge in [-0.2, -0.15) is 5.10 Å². The summed E-state index contributed by atoms with van der Waals surface area (Å²) in [5.41, 5.74) is 3.27. The van der Waals surface area contributed by atoms with Crippen LogP contribution in [-0.4, -0.2) is 34.7 Å². The number of amides is 2. The van der Waals surface area contributed by atoms with E-state index >= 15 is 0 Å². The van der Waals surface area contributed by atoms with Crippen LogP contribution in [0.3, 0.4) is 0 Å². The maximum Gasteiger partial charge on any atom is 0.255 e. The topological polar surface area (TPSA) is 76.0 Å². The van der Waals surface area contributed by atoms with Gasteiger partial charge >= 0.3 is 0 Å². The summed E-state index contributed by atoms with van der Waals surface area (Å²) in [5.74, 6) is -0.999. The van der Waals surface area contributed by atoms with Gasteiger partial charge in [-0.3, -0.25) is 9.59 Å².